The fourth-order valence-electron chi connectivity index (χ4n) is 5.76. The Bertz CT molecular complexity index is 1110. The quantitative estimate of drug-likeness (QED) is 0.646. The third-order valence-electron chi connectivity index (χ3n) is 7.98. The second-order valence-corrected chi connectivity index (χ2v) is 9.71. The van der Waals surface area contributed by atoms with Crippen LogP contribution >= 0.6 is 0 Å². The van der Waals surface area contributed by atoms with Crippen LogP contribution in [0.25, 0.3) is 0 Å². The Morgan fingerprint density at radius 3 is 2.70 bits per heavy atom. The zero-order valence-corrected chi connectivity index (χ0v) is 19.5. The Morgan fingerprint density at radius 1 is 1.15 bits per heavy atom. The SMILES string of the molecule is COc1cc(C#N)ccc1N1CCC2(CCN(CCc3ccc4c(c3C)COC4=O)CC2)C1. The van der Waals surface area contributed by atoms with E-state index in [1.807, 2.05) is 24.3 Å². The second kappa shape index (κ2) is 8.72. The van der Waals surface area contributed by atoms with Crippen LogP contribution in [0.1, 0.15) is 51.9 Å². The first-order chi connectivity index (χ1) is 16.0. The summed E-state index contributed by atoms with van der Waals surface area (Å²) in [5.74, 6) is 0.602. The fraction of sp³-hybridized carbons (Fsp3) is 0.481. The number of nitriles is 1. The van der Waals surface area contributed by atoms with E-state index in [9.17, 15) is 10.1 Å². The summed E-state index contributed by atoms with van der Waals surface area (Å²) in [4.78, 5) is 16.8. The lowest BCUT2D eigenvalue weighted by Crippen LogP contribution is -2.42. The molecule has 0 radical (unpaired) electrons. The minimum atomic E-state index is -0.190. The number of cyclic esters (lactones) is 1. The third-order valence-corrected chi connectivity index (χ3v) is 7.98. The lowest BCUT2D eigenvalue weighted by Gasteiger charge is -2.39. The van der Waals surface area contributed by atoms with E-state index in [1.165, 1.54) is 30.4 Å². The van der Waals surface area contributed by atoms with Crippen LogP contribution in [0.4, 0.5) is 5.69 Å². The number of piperidine rings is 1. The maximum Gasteiger partial charge on any atom is 0.338 e. The van der Waals surface area contributed by atoms with E-state index in [1.54, 1.807) is 7.11 Å². The molecule has 0 N–H and O–H groups in total. The van der Waals surface area contributed by atoms with Crippen molar-refractivity contribution in [1.82, 2.24) is 4.90 Å². The van der Waals surface area contributed by atoms with Gasteiger partial charge in [0.25, 0.3) is 0 Å². The molecule has 172 valence electrons. The minimum Gasteiger partial charge on any atom is -0.495 e. The summed E-state index contributed by atoms with van der Waals surface area (Å²) >= 11 is 0. The molecule has 2 aromatic carbocycles. The number of ether oxygens (including phenoxy) is 2. The van der Waals surface area contributed by atoms with Gasteiger partial charge in [-0.15, -0.1) is 0 Å². The largest absolute Gasteiger partial charge is 0.495 e. The highest BCUT2D eigenvalue weighted by Crippen LogP contribution is 2.44. The van der Waals surface area contributed by atoms with Crippen molar-refractivity contribution in [3.63, 3.8) is 0 Å². The third kappa shape index (κ3) is 4.06. The van der Waals surface area contributed by atoms with E-state index in [0.29, 0.717) is 17.6 Å². The number of carbonyl (C=O) groups is 1. The molecule has 0 unspecified atom stereocenters. The number of rotatable bonds is 5. The molecule has 2 saturated heterocycles. The number of hydrogen-bond acceptors (Lipinski definition) is 6. The van der Waals surface area contributed by atoms with Gasteiger partial charge in [0.2, 0.25) is 0 Å². The summed E-state index contributed by atoms with van der Waals surface area (Å²) in [7, 11) is 1.68. The van der Waals surface area contributed by atoms with Crippen LogP contribution in [0.3, 0.4) is 0 Å². The first kappa shape index (κ1) is 21.8. The highest BCUT2D eigenvalue weighted by atomic mass is 16.5. The lowest BCUT2D eigenvalue weighted by atomic mass is 9.77. The number of fused-ring (bicyclic) bond motifs is 1. The molecule has 33 heavy (non-hydrogen) atoms. The van der Waals surface area contributed by atoms with Crippen molar-refractivity contribution < 1.29 is 14.3 Å². The molecule has 6 nitrogen and oxygen atoms in total. The summed E-state index contributed by atoms with van der Waals surface area (Å²) < 4.78 is 10.8. The molecule has 0 saturated carbocycles. The Labute approximate surface area is 195 Å². The van der Waals surface area contributed by atoms with Crippen molar-refractivity contribution in [2.45, 2.75) is 39.2 Å². The lowest BCUT2D eigenvalue weighted by molar-refractivity contribution is 0.0535. The predicted octanol–water partition coefficient (Wildman–Crippen LogP) is 4.08. The molecule has 0 atom stereocenters. The van der Waals surface area contributed by atoms with Gasteiger partial charge >= 0.3 is 5.97 Å². The summed E-state index contributed by atoms with van der Waals surface area (Å²) in [6.45, 7) is 7.94. The minimum absolute atomic E-state index is 0.190. The van der Waals surface area contributed by atoms with Gasteiger partial charge in [0.15, 0.2) is 0 Å². The molecule has 1 spiro atoms. The van der Waals surface area contributed by atoms with Crippen molar-refractivity contribution in [3.8, 4) is 11.8 Å². The smallest absolute Gasteiger partial charge is 0.338 e. The van der Waals surface area contributed by atoms with E-state index in [2.05, 4.69) is 28.9 Å². The predicted molar refractivity (Wildman–Crippen MR) is 127 cm³/mol. The van der Waals surface area contributed by atoms with E-state index < -0.39 is 0 Å². The molecule has 5 rings (SSSR count). The normalized spacial score (nSPS) is 19.4. The van der Waals surface area contributed by atoms with E-state index in [4.69, 9.17) is 9.47 Å². The average Bonchev–Trinajstić information content (AvgIpc) is 3.43. The van der Waals surface area contributed by atoms with Crippen molar-refractivity contribution >= 4 is 11.7 Å². The number of likely N-dealkylation sites (tertiary alicyclic amines) is 1. The zero-order chi connectivity index (χ0) is 23.0. The highest BCUT2D eigenvalue weighted by molar-refractivity contribution is 5.93. The van der Waals surface area contributed by atoms with Crippen LogP contribution < -0.4 is 9.64 Å². The molecule has 3 heterocycles. The van der Waals surface area contributed by atoms with Gasteiger partial charge in [-0.25, -0.2) is 4.79 Å². The first-order valence-corrected chi connectivity index (χ1v) is 11.9. The topological polar surface area (TPSA) is 65.8 Å². The summed E-state index contributed by atoms with van der Waals surface area (Å²) in [6, 6.07) is 12.0. The molecule has 2 fully saturated rings. The highest BCUT2D eigenvalue weighted by Gasteiger charge is 2.41. The maximum atomic E-state index is 11.8. The Balaban J connectivity index is 1.18. The number of anilines is 1. The van der Waals surface area contributed by atoms with Gasteiger partial charge in [0.05, 0.1) is 30.0 Å². The monoisotopic (exact) mass is 445 g/mol. The van der Waals surface area contributed by atoms with Crippen molar-refractivity contribution in [1.29, 1.82) is 5.26 Å². The van der Waals surface area contributed by atoms with Crippen LogP contribution in [0.5, 0.6) is 5.75 Å². The Hall–Kier alpha value is -3.04. The van der Waals surface area contributed by atoms with Crippen LogP contribution in [0, 0.1) is 23.7 Å². The summed E-state index contributed by atoms with van der Waals surface area (Å²) in [6.07, 6.45) is 4.65. The molecule has 0 amide bonds. The van der Waals surface area contributed by atoms with Gasteiger partial charge in [-0.1, -0.05) is 6.07 Å². The Morgan fingerprint density at radius 2 is 1.94 bits per heavy atom. The van der Waals surface area contributed by atoms with Crippen LogP contribution in [-0.4, -0.2) is 50.7 Å². The number of nitrogens with zero attached hydrogens (tertiary/aromatic N) is 3. The van der Waals surface area contributed by atoms with Gasteiger partial charge in [0.1, 0.15) is 12.4 Å². The number of methoxy groups -OCH3 is 1. The van der Waals surface area contributed by atoms with E-state index >= 15 is 0 Å². The zero-order valence-electron chi connectivity index (χ0n) is 19.5. The fourth-order valence-corrected chi connectivity index (χ4v) is 5.76. The molecular formula is C27H31N3O3. The second-order valence-electron chi connectivity index (χ2n) is 9.71. The first-order valence-electron chi connectivity index (χ1n) is 11.9. The number of hydrogen-bond donors (Lipinski definition) is 0. The molecular weight excluding hydrogens is 414 g/mol. The van der Waals surface area contributed by atoms with Gasteiger partial charge in [0, 0.05) is 31.3 Å². The van der Waals surface area contributed by atoms with Gasteiger partial charge in [-0.2, -0.15) is 5.26 Å². The van der Waals surface area contributed by atoms with Crippen LogP contribution in [0.15, 0.2) is 30.3 Å². The molecule has 6 heteroatoms. The number of benzene rings is 2. The van der Waals surface area contributed by atoms with Crippen molar-refractivity contribution in [3.05, 3.63) is 58.1 Å². The standard InChI is InChI=1S/C27H31N3O3/c1-19-21(4-5-22-23(19)17-33-26(22)31)7-11-29-12-8-27(9-13-29)10-14-30(18-27)24-6-3-20(16-28)15-25(24)32-2/h3-6,15H,7-14,17-18H2,1-2H3. The van der Waals surface area contributed by atoms with Crippen molar-refractivity contribution in [2.24, 2.45) is 5.41 Å². The molecule has 3 aliphatic rings. The van der Waals surface area contributed by atoms with E-state index in [-0.39, 0.29) is 5.97 Å². The number of esters is 1. The average molecular weight is 446 g/mol. The van der Waals surface area contributed by atoms with Crippen LogP contribution in [-0.2, 0) is 17.8 Å². The van der Waals surface area contributed by atoms with Gasteiger partial charge in [-0.3, -0.25) is 0 Å². The van der Waals surface area contributed by atoms with Gasteiger partial charge in [-0.05, 0) is 80.4 Å². The number of carbonyl (C=O) groups excluding carboxylic acids is 1. The summed E-state index contributed by atoms with van der Waals surface area (Å²) in [5, 5.41) is 9.18. The summed E-state index contributed by atoms with van der Waals surface area (Å²) in [5.41, 5.74) is 6.46. The molecule has 3 aliphatic heterocycles. The van der Waals surface area contributed by atoms with Gasteiger partial charge < -0.3 is 19.3 Å². The molecule has 0 aromatic heterocycles. The maximum absolute atomic E-state index is 11.8. The molecule has 2 aromatic rings. The Kier molecular flexibility index (Phi) is 5.76. The van der Waals surface area contributed by atoms with E-state index in [0.717, 1.165) is 61.7 Å². The van der Waals surface area contributed by atoms with Crippen molar-refractivity contribution in [2.75, 3.05) is 44.7 Å². The molecule has 0 aliphatic carbocycles. The van der Waals surface area contributed by atoms with Crippen LogP contribution in [0.2, 0.25) is 0 Å². The molecule has 0 bridgehead atoms.